The predicted octanol–water partition coefficient (Wildman–Crippen LogP) is 5.39. The minimum Gasteiger partial charge on any atom is -0.493 e. The van der Waals surface area contributed by atoms with Crippen molar-refractivity contribution in [1.82, 2.24) is 5.32 Å². The summed E-state index contributed by atoms with van der Waals surface area (Å²) in [5.74, 6) is 0.250. The molecule has 178 valence electrons. The second kappa shape index (κ2) is 11.0. The van der Waals surface area contributed by atoms with Crippen LogP contribution in [-0.4, -0.2) is 26.0 Å². The number of benzene rings is 3. The predicted molar refractivity (Wildman–Crippen MR) is 142 cm³/mol. The lowest BCUT2D eigenvalue weighted by atomic mass is 10.1. The van der Waals surface area contributed by atoms with Crippen LogP contribution in [0.15, 0.2) is 70.0 Å². The highest BCUT2D eigenvalue weighted by Crippen LogP contribution is 2.26. The molecule has 34 heavy (non-hydrogen) atoms. The van der Waals surface area contributed by atoms with E-state index in [0.717, 1.165) is 11.1 Å². The molecular formula is C24H24BrN3O4S2. The van der Waals surface area contributed by atoms with Gasteiger partial charge in [0.05, 0.1) is 21.7 Å². The normalized spacial score (nSPS) is 10.9. The lowest BCUT2D eigenvalue weighted by molar-refractivity contribution is 0.0977. The Hall–Kier alpha value is -2.95. The van der Waals surface area contributed by atoms with E-state index in [9.17, 15) is 13.2 Å². The third-order valence-electron chi connectivity index (χ3n) is 4.77. The number of aryl methyl sites for hydroxylation is 2. The van der Waals surface area contributed by atoms with Crippen molar-refractivity contribution in [3.05, 3.63) is 81.8 Å². The zero-order valence-corrected chi connectivity index (χ0v) is 22.0. The van der Waals surface area contributed by atoms with Crippen molar-refractivity contribution >= 4 is 60.6 Å². The first-order chi connectivity index (χ1) is 16.1. The molecule has 0 aliphatic rings. The van der Waals surface area contributed by atoms with Crippen molar-refractivity contribution in [2.24, 2.45) is 0 Å². The van der Waals surface area contributed by atoms with Gasteiger partial charge in [-0.15, -0.1) is 0 Å². The number of halogens is 1. The van der Waals surface area contributed by atoms with Gasteiger partial charge in [-0.2, -0.15) is 0 Å². The molecular weight excluding hydrogens is 538 g/mol. The molecule has 0 heterocycles. The van der Waals surface area contributed by atoms with Gasteiger partial charge in [-0.1, -0.05) is 17.7 Å². The fourth-order valence-electron chi connectivity index (χ4n) is 3.10. The average Bonchev–Trinajstić information content (AvgIpc) is 2.77. The summed E-state index contributed by atoms with van der Waals surface area (Å²) in [6, 6.07) is 16.5. The number of nitrogens with one attached hydrogen (secondary N) is 3. The molecule has 10 heteroatoms. The van der Waals surface area contributed by atoms with Gasteiger partial charge < -0.3 is 10.1 Å². The molecule has 0 aromatic heterocycles. The first-order valence-electron chi connectivity index (χ1n) is 10.3. The van der Waals surface area contributed by atoms with Crippen LogP contribution in [-0.2, 0) is 10.0 Å². The van der Waals surface area contributed by atoms with Crippen LogP contribution < -0.4 is 20.1 Å². The maximum absolute atomic E-state index is 12.7. The van der Waals surface area contributed by atoms with E-state index in [2.05, 4.69) is 31.3 Å². The fourth-order valence-corrected chi connectivity index (χ4v) is 4.94. The molecule has 7 nitrogen and oxygen atoms in total. The molecule has 1 amide bonds. The number of thiocarbonyl (C=S) groups is 1. The smallest absolute Gasteiger partial charge is 0.261 e. The number of carbonyl (C=O) groups excluding carboxylic acids is 1. The highest BCUT2D eigenvalue weighted by molar-refractivity contribution is 9.10. The maximum atomic E-state index is 12.7. The third kappa shape index (κ3) is 6.55. The average molecular weight is 563 g/mol. The van der Waals surface area contributed by atoms with Crippen molar-refractivity contribution in [2.45, 2.75) is 25.7 Å². The molecule has 0 saturated carbocycles. The van der Waals surface area contributed by atoms with Gasteiger partial charge >= 0.3 is 0 Å². The van der Waals surface area contributed by atoms with E-state index < -0.39 is 15.9 Å². The molecule has 0 radical (unpaired) electrons. The fraction of sp³-hybridized carbons (Fsp3) is 0.167. The minimum absolute atomic E-state index is 0.0824. The van der Waals surface area contributed by atoms with E-state index in [-0.39, 0.29) is 10.0 Å². The SMILES string of the molecule is CCOc1ccc(C(=O)NC(=S)Nc2ccc(S(=O)(=O)Nc3ccc(C)cc3C)cc2)cc1Br. The highest BCUT2D eigenvalue weighted by atomic mass is 79.9. The van der Waals surface area contributed by atoms with Gasteiger partial charge in [-0.25, -0.2) is 8.42 Å². The summed E-state index contributed by atoms with van der Waals surface area (Å²) in [7, 11) is -3.76. The summed E-state index contributed by atoms with van der Waals surface area (Å²) in [5.41, 5.74) is 3.34. The zero-order chi connectivity index (χ0) is 24.9. The largest absolute Gasteiger partial charge is 0.493 e. The zero-order valence-electron chi connectivity index (χ0n) is 18.8. The van der Waals surface area contributed by atoms with Crippen LogP contribution in [0.25, 0.3) is 0 Å². The van der Waals surface area contributed by atoms with E-state index in [1.807, 2.05) is 32.9 Å². The molecule has 3 aromatic carbocycles. The number of amides is 1. The van der Waals surface area contributed by atoms with Gasteiger partial charge in [0.1, 0.15) is 5.75 Å². The molecule has 0 bridgehead atoms. The Morgan fingerprint density at radius 3 is 2.35 bits per heavy atom. The lowest BCUT2D eigenvalue weighted by Gasteiger charge is -2.13. The molecule has 0 unspecified atom stereocenters. The first kappa shape index (κ1) is 25.7. The Balaban J connectivity index is 1.63. The van der Waals surface area contributed by atoms with Crippen molar-refractivity contribution < 1.29 is 17.9 Å². The van der Waals surface area contributed by atoms with Gasteiger partial charge in [0, 0.05) is 11.3 Å². The summed E-state index contributed by atoms with van der Waals surface area (Å²) in [4.78, 5) is 12.6. The molecule has 0 atom stereocenters. The minimum atomic E-state index is -3.76. The van der Waals surface area contributed by atoms with Crippen LogP contribution in [0.5, 0.6) is 5.75 Å². The molecule has 0 aliphatic heterocycles. The van der Waals surface area contributed by atoms with Crippen molar-refractivity contribution in [3.63, 3.8) is 0 Å². The number of carbonyl (C=O) groups is 1. The first-order valence-corrected chi connectivity index (χ1v) is 13.0. The molecule has 0 spiro atoms. The van der Waals surface area contributed by atoms with Crippen molar-refractivity contribution in [1.29, 1.82) is 0 Å². The van der Waals surface area contributed by atoms with Crippen LogP contribution in [0, 0.1) is 13.8 Å². The Labute approximate surface area is 213 Å². The van der Waals surface area contributed by atoms with E-state index in [4.69, 9.17) is 17.0 Å². The number of rotatable bonds is 7. The van der Waals surface area contributed by atoms with Gasteiger partial charge in [0.25, 0.3) is 15.9 Å². The number of anilines is 2. The topological polar surface area (TPSA) is 96.5 Å². The number of sulfonamides is 1. The molecule has 3 N–H and O–H groups in total. The highest BCUT2D eigenvalue weighted by Gasteiger charge is 2.16. The second-order valence-electron chi connectivity index (χ2n) is 7.43. The number of hydrogen-bond donors (Lipinski definition) is 3. The second-order valence-corrected chi connectivity index (χ2v) is 10.4. The number of hydrogen-bond acceptors (Lipinski definition) is 5. The van der Waals surface area contributed by atoms with E-state index in [0.29, 0.717) is 33.8 Å². The molecule has 3 rings (SSSR count). The van der Waals surface area contributed by atoms with Gasteiger partial charge in [-0.05, 0) is 103 Å². The van der Waals surface area contributed by atoms with Crippen LogP contribution in [0.4, 0.5) is 11.4 Å². The Morgan fingerprint density at radius 2 is 1.74 bits per heavy atom. The maximum Gasteiger partial charge on any atom is 0.261 e. The molecule has 3 aromatic rings. The summed E-state index contributed by atoms with van der Waals surface area (Å²) < 4.78 is 34.2. The summed E-state index contributed by atoms with van der Waals surface area (Å²) in [5, 5.41) is 5.56. The van der Waals surface area contributed by atoms with Crippen LogP contribution in [0.2, 0.25) is 0 Å². The van der Waals surface area contributed by atoms with Crippen LogP contribution >= 0.6 is 28.1 Å². The summed E-state index contributed by atoms with van der Waals surface area (Å²) >= 11 is 8.60. The van der Waals surface area contributed by atoms with Crippen molar-refractivity contribution in [3.8, 4) is 5.75 Å². The van der Waals surface area contributed by atoms with Gasteiger partial charge in [-0.3, -0.25) is 14.8 Å². The number of ether oxygens (including phenoxy) is 1. The Kier molecular flexibility index (Phi) is 8.29. The van der Waals surface area contributed by atoms with E-state index in [1.54, 1.807) is 36.4 Å². The summed E-state index contributed by atoms with van der Waals surface area (Å²) in [6.45, 7) is 6.18. The molecule has 0 saturated heterocycles. The van der Waals surface area contributed by atoms with Crippen LogP contribution in [0.3, 0.4) is 0 Å². The summed E-state index contributed by atoms with van der Waals surface area (Å²) in [6.07, 6.45) is 0. The monoisotopic (exact) mass is 561 g/mol. The van der Waals surface area contributed by atoms with E-state index in [1.165, 1.54) is 12.1 Å². The molecule has 0 fully saturated rings. The Morgan fingerprint density at radius 1 is 1.03 bits per heavy atom. The van der Waals surface area contributed by atoms with Gasteiger partial charge in [0.2, 0.25) is 0 Å². The Bertz CT molecular complexity index is 1330. The molecule has 0 aliphatic carbocycles. The van der Waals surface area contributed by atoms with Crippen LogP contribution in [0.1, 0.15) is 28.4 Å². The lowest BCUT2D eigenvalue weighted by Crippen LogP contribution is -2.34. The third-order valence-corrected chi connectivity index (χ3v) is 6.97. The van der Waals surface area contributed by atoms with Gasteiger partial charge in [0.15, 0.2) is 5.11 Å². The van der Waals surface area contributed by atoms with E-state index >= 15 is 0 Å². The quantitative estimate of drug-likeness (QED) is 0.334. The van der Waals surface area contributed by atoms with Crippen molar-refractivity contribution in [2.75, 3.05) is 16.6 Å². The standard InChI is InChI=1S/C24H24BrN3O4S2/c1-4-32-22-12-6-17(14-20(22)25)23(29)27-24(33)26-18-7-9-19(10-8-18)34(30,31)28-21-11-5-15(2)13-16(21)3/h5-14,28H,4H2,1-3H3,(H2,26,27,29,33).